The Labute approximate surface area is 208 Å². The number of benzene rings is 2. The van der Waals surface area contributed by atoms with Gasteiger partial charge in [-0.05, 0) is 42.3 Å². The highest BCUT2D eigenvalue weighted by molar-refractivity contribution is 6.01. The second kappa shape index (κ2) is 10.3. The number of hydrogen-bond donors (Lipinski definition) is 3. The minimum absolute atomic E-state index is 0.184. The Morgan fingerprint density at radius 1 is 1.08 bits per heavy atom. The number of carbonyl (C=O) groups is 2. The van der Waals surface area contributed by atoms with Gasteiger partial charge in [-0.25, -0.2) is 0 Å². The monoisotopic (exact) mass is 488 g/mol. The second-order valence-corrected chi connectivity index (χ2v) is 8.66. The lowest BCUT2D eigenvalue weighted by molar-refractivity contribution is 0.0948. The van der Waals surface area contributed by atoms with Gasteiger partial charge in [-0.3, -0.25) is 19.3 Å². The first-order valence-corrected chi connectivity index (χ1v) is 11.4. The third kappa shape index (κ3) is 5.38. The molecular formula is C26H28N6O4. The number of nitrogens with zero attached hydrogens (tertiary/aromatic N) is 3. The number of rotatable bonds is 9. The van der Waals surface area contributed by atoms with Gasteiger partial charge in [-0.2, -0.15) is 5.10 Å². The molecular weight excluding hydrogens is 460 g/mol. The van der Waals surface area contributed by atoms with Gasteiger partial charge in [0.05, 0.1) is 18.2 Å². The lowest BCUT2D eigenvalue weighted by Crippen LogP contribution is -2.27. The molecule has 2 aromatic heterocycles. The molecule has 2 aromatic carbocycles. The Hall–Kier alpha value is -4.60. The zero-order valence-electron chi connectivity index (χ0n) is 20.5. The van der Waals surface area contributed by atoms with Gasteiger partial charge in [-0.1, -0.05) is 13.8 Å². The number of pyridine rings is 1. The van der Waals surface area contributed by atoms with E-state index in [2.05, 4.69) is 20.7 Å². The molecule has 2 heterocycles. The normalized spacial score (nSPS) is 10.9. The van der Waals surface area contributed by atoms with Gasteiger partial charge >= 0.3 is 0 Å². The number of nitrogens with one attached hydrogen (secondary N) is 2. The van der Waals surface area contributed by atoms with Gasteiger partial charge in [0.25, 0.3) is 11.8 Å². The molecule has 10 nitrogen and oxygen atoms in total. The molecule has 4 N–H and O–H groups in total. The minimum Gasteiger partial charge on any atom is -0.496 e. The van der Waals surface area contributed by atoms with Crippen molar-refractivity contribution in [2.45, 2.75) is 13.8 Å². The second-order valence-electron chi connectivity index (χ2n) is 8.66. The lowest BCUT2D eigenvalue weighted by atomic mass is 10.1. The Balaban J connectivity index is 1.54. The summed E-state index contributed by atoms with van der Waals surface area (Å²) in [5, 5.41) is 11.1. The van der Waals surface area contributed by atoms with Crippen molar-refractivity contribution in [1.82, 2.24) is 20.1 Å². The molecule has 36 heavy (non-hydrogen) atoms. The van der Waals surface area contributed by atoms with Crippen molar-refractivity contribution in [2.75, 3.05) is 19.0 Å². The van der Waals surface area contributed by atoms with Crippen molar-refractivity contribution >= 4 is 34.2 Å². The molecule has 4 aromatic rings. The van der Waals surface area contributed by atoms with Crippen molar-refractivity contribution in [2.24, 2.45) is 18.7 Å². The first-order chi connectivity index (χ1) is 17.2. The molecule has 0 spiro atoms. The third-order valence-electron chi connectivity index (χ3n) is 5.38. The third-order valence-corrected chi connectivity index (χ3v) is 5.38. The maximum Gasteiger partial charge on any atom is 0.256 e. The summed E-state index contributed by atoms with van der Waals surface area (Å²) in [6, 6.07) is 12.2. The largest absolute Gasteiger partial charge is 0.496 e. The number of nitrogens with two attached hydrogens (primary N) is 1. The van der Waals surface area contributed by atoms with Gasteiger partial charge in [0.15, 0.2) is 5.82 Å². The first-order valence-electron chi connectivity index (χ1n) is 11.4. The topological polar surface area (TPSA) is 133 Å². The molecule has 0 fully saturated rings. The number of carbonyl (C=O) groups excluding carboxylic acids is 2. The van der Waals surface area contributed by atoms with Crippen molar-refractivity contribution in [3.8, 4) is 17.2 Å². The highest BCUT2D eigenvalue weighted by Crippen LogP contribution is 2.33. The SMILES string of the molecule is COc1cc2nccc(Oc3ccc(Nc4nn(C)cc4C(=O)NCC(C)C)cc3)c2cc1C(N)=O. The van der Waals surface area contributed by atoms with E-state index in [1.165, 1.54) is 7.11 Å². The molecule has 0 bridgehead atoms. The number of aromatic nitrogens is 3. The van der Waals surface area contributed by atoms with E-state index in [-0.39, 0.29) is 11.5 Å². The zero-order chi connectivity index (χ0) is 25.8. The Bertz CT molecular complexity index is 1410. The molecule has 0 aliphatic carbocycles. The van der Waals surface area contributed by atoms with E-state index in [9.17, 15) is 9.59 Å². The predicted molar refractivity (Wildman–Crippen MR) is 137 cm³/mol. The number of amides is 2. The fraction of sp³-hybridized carbons (Fsp3) is 0.231. The molecule has 0 saturated carbocycles. The van der Waals surface area contributed by atoms with Crippen LogP contribution in [0.2, 0.25) is 0 Å². The van der Waals surface area contributed by atoms with Crippen LogP contribution in [-0.2, 0) is 7.05 Å². The summed E-state index contributed by atoms with van der Waals surface area (Å²) in [5.41, 5.74) is 7.55. The Morgan fingerprint density at radius 3 is 2.50 bits per heavy atom. The first kappa shape index (κ1) is 24.5. The van der Waals surface area contributed by atoms with E-state index in [4.69, 9.17) is 15.2 Å². The molecule has 0 radical (unpaired) electrons. The van der Waals surface area contributed by atoms with Crippen LogP contribution in [0.5, 0.6) is 17.2 Å². The molecule has 0 saturated heterocycles. The summed E-state index contributed by atoms with van der Waals surface area (Å²) < 4.78 is 12.9. The number of ether oxygens (including phenoxy) is 2. The number of aryl methyl sites for hydroxylation is 1. The highest BCUT2D eigenvalue weighted by Gasteiger charge is 2.17. The van der Waals surface area contributed by atoms with Crippen molar-refractivity contribution in [3.63, 3.8) is 0 Å². The van der Waals surface area contributed by atoms with Crippen molar-refractivity contribution < 1.29 is 19.1 Å². The maximum atomic E-state index is 12.6. The van der Waals surface area contributed by atoms with Crippen molar-refractivity contribution in [3.05, 3.63) is 66.0 Å². The van der Waals surface area contributed by atoms with E-state index in [1.807, 2.05) is 26.0 Å². The van der Waals surface area contributed by atoms with Crippen LogP contribution in [0.1, 0.15) is 34.6 Å². The van der Waals surface area contributed by atoms with Gasteiger partial charge in [0.2, 0.25) is 0 Å². The van der Waals surface area contributed by atoms with E-state index in [1.54, 1.807) is 54.5 Å². The Morgan fingerprint density at radius 2 is 1.83 bits per heavy atom. The molecule has 0 unspecified atom stereocenters. The van der Waals surface area contributed by atoms with Crippen LogP contribution >= 0.6 is 0 Å². The summed E-state index contributed by atoms with van der Waals surface area (Å²) in [6.45, 7) is 4.65. The standard InChI is InChI=1S/C26H28N6O4/c1-15(2)13-29-26(34)20-14-32(3)31-25(20)30-16-5-7-17(8-6-16)36-22-9-10-28-21-12-23(35-4)19(24(27)33)11-18(21)22/h5-12,14-15H,13H2,1-4H3,(H2,27,33)(H,29,34)(H,30,31). The van der Waals surface area contributed by atoms with Crippen LogP contribution in [0.15, 0.2) is 54.9 Å². The lowest BCUT2D eigenvalue weighted by Gasteiger charge is -2.12. The molecule has 2 amide bonds. The van der Waals surface area contributed by atoms with Gasteiger partial charge in [-0.15, -0.1) is 0 Å². The van der Waals surface area contributed by atoms with Crippen LogP contribution in [0.3, 0.4) is 0 Å². The molecule has 0 aliphatic heterocycles. The van der Waals surface area contributed by atoms with Gasteiger partial charge < -0.3 is 25.8 Å². The Kier molecular flexibility index (Phi) is 7.05. The molecule has 10 heteroatoms. The fourth-order valence-corrected chi connectivity index (χ4v) is 3.61. The quantitative estimate of drug-likeness (QED) is 0.324. The number of hydrogen-bond acceptors (Lipinski definition) is 7. The van der Waals surface area contributed by atoms with Crippen LogP contribution in [0, 0.1) is 5.92 Å². The average molecular weight is 489 g/mol. The van der Waals surface area contributed by atoms with E-state index in [0.717, 1.165) is 5.69 Å². The van der Waals surface area contributed by atoms with Crippen LogP contribution < -0.4 is 25.8 Å². The minimum atomic E-state index is -0.606. The fourth-order valence-electron chi connectivity index (χ4n) is 3.61. The van der Waals surface area contributed by atoms with Crippen molar-refractivity contribution in [1.29, 1.82) is 0 Å². The predicted octanol–water partition coefficient (Wildman–Crippen LogP) is 4.00. The van der Waals surface area contributed by atoms with Gasteiger partial charge in [0, 0.05) is 43.1 Å². The number of methoxy groups -OCH3 is 1. The highest BCUT2D eigenvalue weighted by atomic mass is 16.5. The summed E-state index contributed by atoms with van der Waals surface area (Å²) in [7, 11) is 3.23. The van der Waals surface area contributed by atoms with E-state index in [0.29, 0.717) is 52.0 Å². The van der Waals surface area contributed by atoms with Crippen LogP contribution in [-0.4, -0.2) is 40.2 Å². The van der Waals surface area contributed by atoms with E-state index >= 15 is 0 Å². The average Bonchev–Trinajstić information content (AvgIpc) is 3.22. The summed E-state index contributed by atoms with van der Waals surface area (Å²) in [5.74, 6) is 1.44. The summed E-state index contributed by atoms with van der Waals surface area (Å²) in [6.07, 6.45) is 3.29. The van der Waals surface area contributed by atoms with Crippen LogP contribution in [0.4, 0.5) is 11.5 Å². The number of fused-ring (bicyclic) bond motifs is 1. The zero-order valence-corrected chi connectivity index (χ0v) is 20.5. The summed E-state index contributed by atoms with van der Waals surface area (Å²) in [4.78, 5) is 28.8. The van der Waals surface area contributed by atoms with Crippen LogP contribution in [0.25, 0.3) is 10.9 Å². The molecule has 0 aliphatic rings. The maximum absolute atomic E-state index is 12.6. The molecule has 0 atom stereocenters. The number of anilines is 2. The van der Waals surface area contributed by atoms with E-state index < -0.39 is 5.91 Å². The van der Waals surface area contributed by atoms with Gasteiger partial charge in [0.1, 0.15) is 22.8 Å². The summed E-state index contributed by atoms with van der Waals surface area (Å²) >= 11 is 0. The molecule has 186 valence electrons. The number of primary amides is 1. The smallest absolute Gasteiger partial charge is 0.256 e. The molecule has 4 rings (SSSR count).